The SMILES string of the molecule is CCC1CCC(C#N)C(n2ccnc2)C1. The molecule has 1 saturated carbocycles. The summed E-state index contributed by atoms with van der Waals surface area (Å²) in [6.45, 7) is 2.24. The predicted molar refractivity (Wildman–Crippen MR) is 58.0 cm³/mol. The van der Waals surface area contributed by atoms with Gasteiger partial charge in [-0.25, -0.2) is 4.98 Å². The highest BCUT2D eigenvalue weighted by atomic mass is 15.1. The van der Waals surface area contributed by atoms with E-state index in [0.717, 1.165) is 18.8 Å². The maximum absolute atomic E-state index is 9.14. The van der Waals surface area contributed by atoms with Crippen LogP contribution >= 0.6 is 0 Å². The van der Waals surface area contributed by atoms with Crippen molar-refractivity contribution in [2.75, 3.05) is 0 Å². The Morgan fingerprint density at radius 1 is 1.53 bits per heavy atom. The molecule has 3 unspecified atom stereocenters. The van der Waals surface area contributed by atoms with Gasteiger partial charge in [-0.2, -0.15) is 5.26 Å². The lowest BCUT2D eigenvalue weighted by Crippen LogP contribution is -2.26. The Balaban J connectivity index is 2.15. The van der Waals surface area contributed by atoms with E-state index in [1.165, 1.54) is 12.8 Å². The van der Waals surface area contributed by atoms with Crippen LogP contribution in [0.1, 0.15) is 38.6 Å². The van der Waals surface area contributed by atoms with E-state index in [9.17, 15) is 0 Å². The van der Waals surface area contributed by atoms with Gasteiger partial charge in [0.05, 0.1) is 24.4 Å². The zero-order valence-corrected chi connectivity index (χ0v) is 9.13. The Labute approximate surface area is 90.7 Å². The van der Waals surface area contributed by atoms with Gasteiger partial charge in [-0.15, -0.1) is 0 Å². The second-order valence-electron chi connectivity index (χ2n) is 4.40. The first-order valence-electron chi connectivity index (χ1n) is 5.72. The van der Waals surface area contributed by atoms with Crippen LogP contribution in [0.15, 0.2) is 18.7 Å². The van der Waals surface area contributed by atoms with Crippen molar-refractivity contribution >= 4 is 0 Å². The Kier molecular flexibility index (Phi) is 3.05. The van der Waals surface area contributed by atoms with Gasteiger partial charge in [-0.05, 0) is 25.2 Å². The molecular formula is C12H17N3. The minimum Gasteiger partial charge on any atom is -0.333 e. The van der Waals surface area contributed by atoms with Gasteiger partial charge < -0.3 is 4.57 Å². The molecule has 0 amide bonds. The van der Waals surface area contributed by atoms with Crippen LogP contribution in [0.2, 0.25) is 0 Å². The Bertz CT molecular complexity index is 336. The molecule has 0 saturated heterocycles. The molecular weight excluding hydrogens is 186 g/mol. The Morgan fingerprint density at radius 2 is 2.40 bits per heavy atom. The topological polar surface area (TPSA) is 41.6 Å². The third kappa shape index (κ3) is 2.04. The molecule has 0 aliphatic heterocycles. The van der Waals surface area contributed by atoms with Crippen molar-refractivity contribution in [3.8, 4) is 6.07 Å². The summed E-state index contributed by atoms with van der Waals surface area (Å²) in [7, 11) is 0. The summed E-state index contributed by atoms with van der Waals surface area (Å²) in [6, 6.07) is 2.78. The molecule has 1 heterocycles. The van der Waals surface area contributed by atoms with Gasteiger partial charge in [0, 0.05) is 12.4 Å². The van der Waals surface area contributed by atoms with Crippen LogP contribution in [0.4, 0.5) is 0 Å². The van der Waals surface area contributed by atoms with Crippen molar-refractivity contribution in [2.24, 2.45) is 11.8 Å². The highest BCUT2D eigenvalue weighted by Gasteiger charge is 2.30. The van der Waals surface area contributed by atoms with Crippen LogP contribution in [0.5, 0.6) is 0 Å². The van der Waals surface area contributed by atoms with Crippen molar-refractivity contribution in [2.45, 2.75) is 38.6 Å². The number of rotatable bonds is 2. The fourth-order valence-corrected chi connectivity index (χ4v) is 2.55. The monoisotopic (exact) mass is 203 g/mol. The molecule has 80 valence electrons. The van der Waals surface area contributed by atoms with Gasteiger partial charge in [-0.3, -0.25) is 0 Å². The second kappa shape index (κ2) is 4.48. The highest BCUT2D eigenvalue weighted by Crippen LogP contribution is 2.37. The van der Waals surface area contributed by atoms with Gasteiger partial charge in [0.25, 0.3) is 0 Å². The second-order valence-corrected chi connectivity index (χ2v) is 4.40. The minimum atomic E-state index is 0.169. The van der Waals surface area contributed by atoms with Crippen molar-refractivity contribution < 1.29 is 0 Å². The number of nitriles is 1. The third-order valence-corrected chi connectivity index (χ3v) is 3.58. The molecule has 0 aromatic carbocycles. The van der Waals surface area contributed by atoms with Crippen molar-refractivity contribution in [3.63, 3.8) is 0 Å². The molecule has 2 rings (SSSR count). The summed E-state index contributed by atoms with van der Waals surface area (Å²) in [5, 5.41) is 9.14. The van der Waals surface area contributed by atoms with Crippen LogP contribution < -0.4 is 0 Å². The summed E-state index contributed by atoms with van der Waals surface area (Å²) < 4.78 is 2.11. The quantitative estimate of drug-likeness (QED) is 0.741. The molecule has 15 heavy (non-hydrogen) atoms. The van der Waals surface area contributed by atoms with Crippen LogP contribution in [-0.2, 0) is 0 Å². The molecule has 0 radical (unpaired) electrons. The van der Waals surface area contributed by atoms with E-state index < -0.39 is 0 Å². The molecule has 3 nitrogen and oxygen atoms in total. The van der Waals surface area contributed by atoms with E-state index in [1.807, 2.05) is 12.5 Å². The summed E-state index contributed by atoms with van der Waals surface area (Å²) in [6.07, 6.45) is 10.2. The van der Waals surface area contributed by atoms with Gasteiger partial charge in [0.15, 0.2) is 0 Å². The lowest BCUT2D eigenvalue weighted by atomic mass is 9.78. The number of hydrogen-bond acceptors (Lipinski definition) is 2. The van der Waals surface area contributed by atoms with E-state index in [2.05, 4.69) is 22.5 Å². The molecule has 0 bridgehead atoms. The van der Waals surface area contributed by atoms with Gasteiger partial charge in [0.1, 0.15) is 0 Å². The van der Waals surface area contributed by atoms with Crippen molar-refractivity contribution in [1.82, 2.24) is 9.55 Å². The molecule has 1 aliphatic carbocycles. The van der Waals surface area contributed by atoms with E-state index in [4.69, 9.17) is 5.26 Å². The van der Waals surface area contributed by atoms with Gasteiger partial charge in [0.2, 0.25) is 0 Å². The zero-order chi connectivity index (χ0) is 10.7. The number of imidazole rings is 1. The highest BCUT2D eigenvalue weighted by molar-refractivity contribution is 4.97. The van der Waals surface area contributed by atoms with Gasteiger partial charge >= 0.3 is 0 Å². The van der Waals surface area contributed by atoms with Crippen LogP contribution in [0.3, 0.4) is 0 Å². The summed E-state index contributed by atoms with van der Waals surface area (Å²) in [4.78, 5) is 4.07. The maximum Gasteiger partial charge on any atom is 0.0948 e. The van der Waals surface area contributed by atoms with Crippen LogP contribution in [0, 0.1) is 23.2 Å². The van der Waals surface area contributed by atoms with Crippen molar-refractivity contribution in [1.29, 1.82) is 5.26 Å². The van der Waals surface area contributed by atoms with Crippen LogP contribution in [-0.4, -0.2) is 9.55 Å². The molecule has 3 atom stereocenters. The molecule has 1 aromatic heterocycles. The van der Waals surface area contributed by atoms with E-state index in [1.54, 1.807) is 6.20 Å². The fourth-order valence-electron chi connectivity index (χ4n) is 2.55. The first kappa shape index (κ1) is 10.2. The molecule has 1 fully saturated rings. The summed E-state index contributed by atoms with van der Waals surface area (Å²) in [5.74, 6) is 0.948. The number of aromatic nitrogens is 2. The first-order valence-corrected chi connectivity index (χ1v) is 5.72. The smallest absolute Gasteiger partial charge is 0.0948 e. The van der Waals surface area contributed by atoms with Crippen LogP contribution in [0.25, 0.3) is 0 Å². The molecule has 1 aliphatic rings. The summed E-state index contributed by atoms with van der Waals surface area (Å²) >= 11 is 0. The predicted octanol–water partition coefficient (Wildman–Crippen LogP) is 2.77. The summed E-state index contributed by atoms with van der Waals surface area (Å²) in [5.41, 5.74) is 0. The molecule has 0 spiro atoms. The molecule has 1 aromatic rings. The maximum atomic E-state index is 9.14. The Morgan fingerprint density at radius 3 is 3.00 bits per heavy atom. The fraction of sp³-hybridized carbons (Fsp3) is 0.667. The van der Waals surface area contributed by atoms with E-state index in [0.29, 0.717) is 6.04 Å². The zero-order valence-electron chi connectivity index (χ0n) is 9.13. The molecule has 0 N–H and O–H groups in total. The van der Waals surface area contributed by atoms with Crippen molar-refractivity contribution in [3.05, 3.63) is 18.7 Å². The number of hydrogen-bond donors (Lipinski definition) is 0. The van der Waals surface area contributed by atoms with Gasteiger partial charge in [-0.1, -0.05) is 13.3 Å². The third-order valence-electron chi connectivity index (χ3n) is 3.58. The first-order chi connectivity index (χ1) is 7.35. The van der Waals surface area contributed by atoms with E-state index in [-0.39, 0.29) is 5.92 Å². The molecule has 3 heteroatoms. The number of nitrogens with zero attached hydrogens (tertiary/aromatic N) is 3. The lowest BCUT2D eigenvalue weighted by Gasteiger charge is -2.32. The van der Waals surface area contributed by atoms with E-state index >= 15 is 0 Å². The average molecular weight is 203 g/mol. The lowest BCUT2D eigenvalue weighted by molar-refractivity contribution is 0.216. The standard InChI is InChI=1S/C12H17N3/c1-2-10-3-4-11(8-13)12(7-10)15-6-5-14-9-15/h5-6,9-12H,2-4,7H2,1H3. The Hall–Kier alpha value is -1.30. The minimum absolute atomic E-state index is 0.169. The normalized spacial score (nSPS) is 31.1. The average Bonchev–Trinajstić information content (AvgIpc) is 2.81. The largest absolute Gasteiger partial charge is 0.333 e.